The first-order valence-corrected chi connectivity index (χ1v) is 7.27. The van der Waals surface area contributed by atoms with Crippen molar-refractivity contribution in [2.45, 2.75) is 32.1 Å². The third kappa shape index (κ3) is 4.04. The lowest BCUT2D eigenvalue weighted by Crippen LogP contribution is -2.20. The van der Waals surface area contributed by atoms with Gasteiger partial charge in [0.2, 0.25) is 0 Å². The van der Waals surface area contributed by atoms with Crippen LogP contribution in [0.1, 0.15) is 32.1 Å². The van der Waals surface area contributed by atoms with E-state index in [1.165, 1.54) is 7.11 Å². The molecule has 0 amide bonds. The fourth-order valence-electron chi connectivity index (χ4n) is 2.37. The van der Waals surface area contributed by atoms with Crippen molar-refractivity contribution in [1.29, 1.82) is 0 Å². The van der Waals surface area contributed by atoms with Crippen molar-refractivity contribution >= 4 is 23.2 Å². The minimum absolute atomic E-state index is 0.0656. The van der Waals surface area contributed by atoms with Gasteiger partial charge in [0, 0.05) is 19.3 Å². The number of hydrogen-bond acceptors (Lipinski definition) is 5. The maximum absolute atomic E-state index is 12.1. The molecule has 5 heteroatoms. The van der Waals surface area contributed by atoms with Gasteiger partial charge in [-0.3, -0.25) is 14.6 Å². The molecule has 0 aliphatic heterocycles. The molecule has 1 aliphatic carbocycles. The van der Waals surface area contributed by atoms with Gasteiger partial charge in [0.05, 0.1) is 30.5 Å². The maximum atomic E-state index is 12.1. The number of aliphatic hydroxyl groups is 1. The number of nitrogens with zero attached hydrogens (tertiary/aromatic N) is 1. The highest BCUT2D eigenvalue weighted by molar-refractivity contribution is 6.23. The first-order chi connectivity index (χ1) is 10.6. The molecular formula is C17H19NO4. The van der Waals surface area contributed by atoms with E-state index in [1.54, 1.807) is 0 Å². The van der Waals surface area contributed by atoms with Crippen molar-refractivity contribution < 1.29 is 19.4 Å². The van der Waals surface area contributed by atoms with Crippen LogP contribution < -0.4 is 0 Å². The molecule has 1 aromatic rings. The van der Waals surface area contributed by atoms with E-state index in [1.807, 2.05) is 30.3 Å². The molecule has 5 nitrogen and oxygen atoms in total. The summed E-state index contributed by atoms with van der Waals surface area (Å²) in [4.78, 5) is 28.0. The summed E-state index contributed by atoms with van der Waals surface area (Å²) >= 11 is 0. The number of carbonyl (C=O) groups excluding carboxylic acids is 2. The molecule has 2 rings (SSSR count). The molecule has 0 radical (unpaired) electrons. The monoisotopic (exact) mass is 301 g/mol. The van der Waals surface area contributed by atoms with Gasteiger partial charge < -0.3 is 9.84 Å². The predicted molar refractivity (Wildman–Crippen MR) is 83.3 cm³/mol. The Morgan fingerprint density at radius 1 is 1.23 bits per heavy atom. The lowest BCUT2D eigenvalue weighted by atomic mass is 9.91. The number of Topliss-reactive ketones (excluding diaryl/α,β-unsaturated/α-hetero) is 1. The minimum atomic E-state index is -0.371. The molecule has 1 aliphatic rings. The normalized spacial score (nSPS) is 15.9. The van der Waals surface area contributed by atoms with Crippen LogP contribution in [0, 0.1) is 0 Å². The minimum Gasteiger partial charge on any atom is -0.511 e. The van der Waals surface area contributed by atoms with Crippen LogP contribution in [0.4, 0.5) is 5.69 Å². The van der Waals surface area contributed by atoms with Gasteiger partial charge >= 0.3 is 5.97 Å². The van der Waals surface area contributed by atoms with Gasteiger partial charge in [0.1, 0.15) is 5.76 Å². The van der Waals surface area contributed by atoms with Gasteiger partial charge in [-0.15, -0.1) is 0 Å². The quantitative estimate of drug-likeness (QED) is 0.669. The fraction of sp³-hybridized carbons (Fsp3) is 0.353. The van der Waals surface area contributed by atoms with Gasteiger partial charge in [-0.05, 0) is 18.6 Å². The molecule has 0 aromatic heterocycles. The number of aliphatic hydroxyl groups excluding tert-OH is 1. The number of ether oxygens (including phenoxy) is 1. The summed E-state index contributed by atoms with van der Waals surface area (Å²) in [6.45, 7) is 0. The molecule has 1 N–H and O–H groups in total. The maximum Gasteiger partial charge on any atom is 0.305 e. The van der Waals surface area contributed by atoms with Crippen molar-refractivity contribution in [2.24, 2.45) is 4.99 Å². The van der Waals surface area contributed by atoms with E-state index >= 15 is 0 Å². The lowest BCUT2D eigenvalue weighted by Gasteiger charge is -2.17. The van der Waals surface area contributed by atoms with Crippen molar-refractivity contribution in [3.63, 3.8) is 0 Å². The Morgan fingerprint density at radius 3 is 2.59 bits per heavy atom. The van der Waals surface area contributed by atoms with Gasteiger partial charge in [0.15, 0.2) is 5.78 Å². The molecule has 0 bridgehead atoms. The highest BCUT2D eigenvalue weighted by atomic mass is 16.5. The third-order valence-corrected chi connectivity index (χ3v) is 3.49. The number of allylic oxidation sites excluding steroid dienone is 2. The zero-order valence-electron chi connectivity index (χ0n) is 12.5. The standard InChI is InChI=1S/C17H19NO4/c1-22-16(21)11-10-13(18-12-6-3-2-4-7-12)17-14(19)8-5-9-15(17)20/h2-4,6-7,19H,5,8-11H2,1H3. The van der Waals surface area contributed by atoms with Gasteiger partial charge in [0.25, 0.3) is 0 Å². The molecule has 0 heterocycles. The molecule has 0 unspecified atom stereocenters. The largest absolute Gasteiger partial charge is 0.511 e. The highest BCUT2D eigenvalue weighted by Crippen LogP contribution is 2.25. The van der Waals surface area contributed by atoms with Crippen molar-refractivity contribution in [2.75, 3.05) is 7.11 Å². The fourth-order valence-corrected chi connectivity index (χ4v) is 2.37. The molecule has 116 valence electrons. The first kappa shape index (κ1) is 15.9. The Labute approximate surface area is 129 Å². The number of aliphatic imine (C=N–C) groups is 1. The van der Waals surface area contributed by atoms with Crippen molar-refractivity contribution in [3.8, 4) is 0 Å². The summed E-state index contributed by atoms with van der Waals surface area (Å²) in [6.07, 6.45) is 1.88. The Bertz CT molecular complexity index is 617. The van der Waals surface area contributed by atoms with E-state index in [9.17, 15) is 14.7 Å². The summed E-state index contributed by atoms with van der Waals surface area (Å²) in [5.74, 6) is -0.428. The Morgan fingerprint density at radius 2 is 1.95 bits per heavy atom. The Hall–Kier alpha value is -2.43. The highest BCUT2D eigenvalue weighted by Gasteiger charge is 2.25. The average Bonchev–Trinajstić information content (AvgIpc) is 2.52. The zero-order valence-corrected chi connectivity index (χ0v) is 12.5. The van der Waals surface area contributed by atoms with Crippen LogP contribution in [0.25, 0.3) is 0 Å². The van der Waals surface area contributed by atoms with Gasteiger partial charge in [-0.1, -0.05) is 18.2 Å². The van der Waals surface area contributed by atoms with E-state index in [0.29, 0.717) is 30.7 Å². The summed E-state index contributed by atoms with van der Waals surface area (Å²) in [5, 5.41) is 10.1. The van der Waals surface area contributed by atoms with Crippen LogP contribution in [0.2, 0.25) is 0 Å². The lowest BCUT2D eigenvalue weighted by molar-refractivity contribution is -0.140. The number of rotatable bonds is 5. The zero-order chi connectivity index (χ0) is 15.9. The van der Waals surface area contributed by atoms with E-state index in [4.69, 9.17) is 0 Å². The summed E-state index contributed by atoms with van der Waals surface area (Å²) in [7, 11) is 1.32. The van der Waals surface area contributed by atoms with E-state index in [2.05, 4.69) is 9.73 Å². The number of carbonyl (C=O) groups is 2. The van der Waals surface area contributed by atoms with E-state index in [-0.39, 0.29) is 35.9 Å². The Balaban J connectivity index is 2.35. The second kappa shape index (κ2) is 7.54. The predicted octanol–water partition coefficient (Wildman–Crippen LogP) is 3.28. The third-order valence-electron chi connectivity index (χ3n) is 3.49. The van der Waals surface area contributed by atoms with Gasteiger partial charge in [-0.25, -0.2) is 0 Å². The molecule has 0 atom stereocenters. The van der Waals surface area contributed by atoms with Crippen molar-refractivity contribution in [3.05, 3.63) is 41.7 Å². The molecule has 0 spiro atoms. The van der Waals surface area contributed by atoms with Crippen LogP contribution in [0.5, 0.6) is 0 Å². The summed E-state index contributed by atoms with van der Waals surface area (Å²) < 4.78 is 4.63. The molecule has 22 heavy (non-hydrogen) atoms. The van der Waals surface area contributed by atoms with E-state index in [0.717, 1.165) is 0 Å². The van der Waals surface area contributed by atoms with Crippen LogP contribution in [-0.4, -0.2) is 29.7 Å². The second-order valence-electron chi connectivity index (χ2n) is 5.07. The average molecular weight is 301 g/mol. The smallest absolute Gasteiger partial charge is 0.305 e. The first-order valence-electron chi connectivity index (χ1n) is 7.27. The van der Waals surface area contributed by atoms with E-state index < -0.39 is 0 Å². The number of methoxy groups -OCH3 is 1. The topological polar surface area (TPSA) is 76.0 Å². The summed E-state index contributed by atoms with van der Waals surface area (Å²) in [6, 6.07) is 9.17. The Kier molecular flexibility index (Phi) is 5.47. The molecule has 0 fully saturated rings. The molecule has 0 saturated heterocycles. The molecule has 1 aromatic carbocycles. The van der Waals surface area contributed by atoms with Crippen molar-refractivity contribution in [1.82, 2.24) is 0 Å². The number of ketones is 1. The SMILES string of the molecule is COC(=O)CCC(=Nc1ccccc1)C1=C(O)CCCC1=O. The van der Waals surface area contributed by atoms with Crippen LogP contribution >= 0.6 is 0 Å². The number of benzene rings is 1. The number of para-hydroxylation sites is 1. The van der Waals surface area contributed by atoms with Gasteiger partial charge in [-0.2, -0.15) is 0 Å². The number of hydrogen-bond donors (Lipinski definition) is 1. The number of esters is 1. The molecular weight excluding hydrogens is 282 g/mol. The second-order valence-corrected chi connectivity index (χ2v) is 5.07. The van der Waals surface area contributed by atoms with Crippen LogP contribution in [0.15, 0.2) is 46.7 Å². The summed E-state index contributed by atoms with van der Waals surface area (Å²) in [5.41, 5.74) is 1.39. The molecule has 0 saturated carbocycles. The van der Waals surface area contributed by atoms with Crippen LogP contribution in [-0.2, 0) is 14.3 Å². The van der Waals surface area contributed by atoms with Crippen LogP contribution in [0.3, 0.4) is 0 Å².